The average Bonchev–Trinajstić information content (AvgIpc) is 3.31. The Kier molecular flexibility index (Phi) is 9.64. The fourth-order valence-electron chi connectivity index (χ4n) is 5.45. The number of halogens is 1. The normalized spacial score (nSPS) is 24.0. The minimum Gasteiger partial charge on any atom is -0.381 e. The van der Waals surface area contributed by atoms with Gasteiger partial charge in [-0.1, -0.05) is 49.6 Å². The van der Waals surface area contributed by atoms with Crippen LogP contribution in [0.4, 0.5) is 0 Å². The van der Waals surface area contributed by atoms with Gasteiger partial charge in [0.05, 0.1) is 0 Å². The van der Waals surface area contributed by atoms with Crippen molar-refractivity contribution in [1.82, 2.24) is 15.5 Å². The number of rotatable bonds is 5. The van der Waals surface area contributed by atoms with Crippen molar-refractivity contribution in [3.63, 3.8) is 0 Å². The summed E-state index contributed by atoms with van der Waals surface area (Å²) in [4.78, 5) is 19.4. The second kappa shape index (κ2) is 12.2. The van der Waals surface area contributed by atoms with E-state index in [-0.39, 0.29) is 41.4 Å². The lowest BCUT2D eigenvalue weighted by molar-refractivity contribution is -0.135. The van der Waals surface area contributed by atoms with Crippen molar-refractivity contribution in [2.45, 2.75) is 62.8 Å². The zero-order chi connectivity index (χ0) is 21.5. The van der Waals surface area contributed by atoms with Crippen LogP contribution in [0.3, 0.4) is 0 Å². The number of nitrogens with one attached hydrogen (secondary N) is 2. The third-order valence-electron chi connectivity index (χ3n) is 7.45. The van der Waals surface area contributed by atoms with Gasteiger partial charge in [0.1, 0.15) is 0 Å². The van der Waals surface area contributed by atoms with E-state index in [0.717, 1.165) is 70.9 Å². The number of ether oxygens (including phenoxy) is 1. The van der Waals surface area contributed by atoms with Crippen LogP contribution in [-0.2, 0) is 14.9 Å². The Balaban J connectivity index is 0.00000289. The lowest BCUT2D eigenvalue weighted by Crippen LogP contribution is -2.50. The first-order chi connectivity index (χ1) is 15.2. The molecule has 2 N–H and O–H groups in total. The molecule has 178 valence electrons. The molecule has 1 aromatic rings. The first-order valence-corrected chi connectivity index (χ1v) is 12.1. The molecule has 1 atom stereocenters. The molecule has 2 heterocycles. The van der Waals surface area contributed by atoms with Crippen LogP contribution in [0.15, 0.2) is 35.3 Å². The Morgan fingerprint density at radius 1 is 1.12 bits per heavy atom. The lowest BCUT2D eigenvalue weighted by atomic mass is 9.74. The predicted octanol–water partition coefficient (Wildman–Crippen LogP) is 3.70. The highest BCUT2D eigenvalue weighted by molar-refractivity contribution is 14.0. The number of benzene rings is 1. The Morgan fingerprint density at radius 2 is 1.84 bits per heavy atom. The van der Waals surface area contributed by atoms with Gasteiger partial charge in [-0.25, -0.2) is 0 Å². The van der Waals surface area contributed by atoms with Gasteiger partial charge in [0, 0.05) is 57.3 Å². The van der Waals surface area contributed by atoms with Gasteiger partial charge in [-0.2, -0.15) is 0 Å². The molecule has 2 saturated heterocycles. The van der Waals surface area contributed by atoms with Gasteiger partial charge in [-0.3, -0.25) is 9.79 Å². The predicted molar refractivity (Wildman–Crippen MR) is 140 cm³/mol. The van der Waals surface area contributed by atoms with Crippen LogP contribution in [0.5, 0.6) is 0 Å². The second-order valence-corrected chi connectivity index (χ2v) is 9.43. The molecule has 6 nitrogen and oxygen atoms in total. The lowest BCUT2D eigenvalue weighted by Gasteiger charge is -2.38. The Labute approximate surface area is 210 Å². The van der Waals surface area contributed by atoms with Crippen LogP contribution in [-0.4, -0.2) is 62.7 Å². The molecule has 1 unspecified atom stereocenters. The maximum atomic E-state index is 12.9. The maximum Gasteiger partial charge on any atom is 0.225 e. The number of guanidine groups is 1. The molecule has 3 aliphatic rings. The van der Waals surface area contributed by atoms with Crippen LogP contribution in [0, 0.1) is 5.92 Å². The van der Waals surface area contributed by atoms with Crippen LogP contribution >= 0.6 is 24.0 Å². The second-order valence-electron chi connectivity index (χ2n) is 9.43. The number of carbonyl (C=O) groups excluding carboxylic acids is 1. The fraction of sp³-hybridized carbons (Fsp3) is 0.680. The summed E-state index contributed by atoms with van der Waals surface area (Å²) in [5, 5.41) is 7.17. The van der Waals surface area contributed by atoms with Crippen LogP contribution in [0.1, 0.15) is 56.9 Å². The minimum absolute atomic E-state index is 0. The summed E-state index contributed by atoms with van der Waals surface area (Å²) < 4.78 is 5.66. The van der Waals surface area contributed by atoms with Gasteiger partial charge in [0.2, 0.25) is 5.91 Å². The smallest absolute Gasteiger partial charge is 0.225 e. The minimum atomic E-state index is 0. The summed E-state index contributed by atoms with van der Waals surface area (Å²) in [6.07, 6.45) is 8.84. The molecule has 0 bridgehead atoms. The highest BCUT2D eigenvalue weighted by Crippen LogP contribution is 2.34. The van der Waals surface area contributed by atoms with Crippen molar-refractivity contribution in [2.24, 2.45) is 10.9 Å². The molecule has 1 saturated carbocycles. The molecule has 3 fully saturated rings. The maximum absolute atomic E-state index is 12.9. The molecule has 1 amide bonds. The summed E-state index contributed by atoms with van der Waals surface area (Å²) >= 11 is 0. The summed E-state index contributed by atoms with van der Waals surface area (Å²) in [6.45, 7) is 4.06. The number of hydrogen-bond acceptors (Lipinski definition) is 3. The molecular formula is C25H39IN4O2. The molecule has 0 aromatic heterocycles. The van der Waals surface area contributed by atoms with E-state index in [2.05, 4.69) is 50.9 Å². The number of carbonyl (C=O) groups is 1. The Hall–Kier alpha value is -1.35. The van der Waals surface area contributed by atoms with E-state index in [1.807, 2.05) is 7.05 Å². The van der Waals surface area contributed by atoms with E-state index in [0.29, 0.717) is 5.91 Å². The third-order valence-corrected chi connectivity index (χ3v) is 7.45. The van der Waals surface area contributed by atoms with Crippen molar-refractivity contribution in [3.05, 3.63) is 35.9 Å². The van der Waals surface area contributed by atoms with Crippen molar-refractivity contribution in [2.75, 3.05) is 39.9 Å². The monoisotopic (exact) mass is 554 g/mol. The van der Waals surface area contributed by atoms with Crippen molar-refractivity contribution in [3.8, 4) is 0 Å². The largest absolute Gasteiger partial charge is 0.381 e. The zero-order valence-corrected chi connectivity index (χ0v) is 21.7. The summed E-state index contributed by atoms with van der Waals surface area (Å²) in [5.74, 6) is 1.46. The molecule has 7 heteroatoms. The topological polar surface area (TPSA) is 66.0 Å². The molecule has 1 aliphatic carbocycles. The van der Waals surface area contributed by atoms with Gasteiger partial charge in [0.15, 0.2) is 5.96 Å². The van der Waals surface area contributed by atoms with Gasteiger partial charge < -0.3 is 20.3 Å². The molecule has 4 rings (SSSR count). The SMILES string of the molecule is CN=C(NCC1(c2ccccc2)CCOCC1)NC1CCN(C(=O)C2CCCCC2)C1.I. The van der Waals surface area contributed by atoms with E-state index < -0.39 is 0 Å². The quantitative estimate of drug-likeness (QED) is 0.331. The molecular weight excluding hydrogens is 515 g/mol. The van der Waals surface area contributed by atoms with Crippen molar-refractivity contribution < 1.29 is 9.53 Å². The van der Waals surface area contributed by atoms with Gasteiger partial charge in [-0.05, 0) is 37.7 Å². The summed E-state index contributed by atoms with van der Waals surface area (Å²) in [5.41, 5.74) is 1.43. The van der Waals surface area contributed by atoms with E-state index >= 15 is 0 Å². The first-order valence-electron chi connectivity index (χ1n) is 12.1. The highest BCUT2D eigenvalue weighted by atomic mass is 127. The number of likely N-dealkylation sites (tertiary alicyclic amines) is 1. The molecule has 0 spiro atoms. The van der Waals surface area contributed by atoms with Crippen molar-refractivity contribution >= 4 is 35.8 Å². The average molecular weight is 555 g/mol. The summed E-state index contributed by atoms with van der Waals surface area (Å²) in [7, 11) is 1.83. The van der Waals surface area contributed by atoms with E-state index in [4.69, 9.17) is 4.74 Å². The fourth-order valence-corrected chi connectivity index (χ4v) is 5.45. The number of amides is 1. The molecule has 2 aliphatic heterocycles. The van der Waals surface area contributed by atoms with E-state index in [1.165, 1.54) is 24.8 Å². The zero-order valence-electron chi connectivity index (χ0n) is 19.4. The Morgan fingerprint density at radius 3 is 2.53 bits per heavy atom. The molecule has 0 radical (unpaired) electrons. The van der Waals surface area contributed by atoms with Gasteiger partial charge in [-0.15, -0.1) is 24.0 Å². The van der Waals surface area contributed by atoms with Gasteiger partial charge in [0.25, 0.3) is 0 Å². The first kappa shape index (κ1) is 25.3. The van der Waals surface area contributed by atoms with E-state index in [9.17, 15) is 4.79 Å². The van der Waals surface area contributed by atoms with Gasteiger partial charge >= 0.3 is 0 Å². The van der Waals surface area contributed by atoms with Crippen LogP contribution < -0.4 is 10.6 Å². The summed E-state index contributed by atoms with van der Waals surface area (Å²) in [6, 6.07) is 11.0. The van der Waals surface area contributed by atoms with Crippen LogP contribution in [0.2, 0.25) is 0 Å². The number of nitrogens with zero attached hydrogens (tertiary/aromatic N) is 2. The standard InChI is InChI=1S/C25H38N4O2.HI/c1-26-24(27-19-25(13-16-31-17-14-25)21-10-6-3-7-11-21)28-22-12-15-29(18-22)23(30)20-8-4-2-5-9-20;/h3,6-7,10-11,20,22H,2,4-5,8-9,12-19H2,1H3,(H2,26,27,28);1H. The third kappa shape index (κ3) is 6.16. The van der Waals surface area contributed by atoms with E-state index in [1.54, 1.807) is 0 Å². The number of hydrogen-bond donors (Lipinski definition) is 2. The molecule has 32 heavy (non-hydrogen) atoms. The Bertz CT molecular complexity index is 746. The molecule has 1 aromatic carbocycles. The van der Waals surface area contributed by atoms with Crippen molar-refractivity contribution in [1.29, 1.82) is 0 Å². The number of aliphatic imine (C=N–C) groups is 1. The van der Waals surface area contributed by atoms with Crippen LogP contribution in [0.25, 0.3) is 0 Å². The highest BCUT2D eigenvalue weighted by Gasteiger charge is 2.35.